The smallest absolute Gasteiger partial charge is 0.220 e. The number of carbonyl (C=O) groups excluding carboxylic acids is 1. The minimum absolute atomic E-state index is 0.0175. The maximum absolute atomic E-state index is 11.4. The number of nitrogens with one attached hydrogen (secondary N) is 1. The summed E-state index contributed by atoms with van der Waals surface area (Å²) < 4.78 is 5.30. The minimum atomic E-state index is 0.0175. The van der Waals surface area contributed by atoms with Crippen molar-refractivity contribution in [1.29, 1.82) is 0 Å². The van der Waals surface area contributed by atoms with Gasteiger partial charge in [0.05, 0.1) is 6.10 Å². The number of rotatable bonds is 5. The number of carbonyl (C=O) groups is 1. The highest BCUT2D eigenvalue weighted by atomic mass is 16.5. The van der Waals surface area contributed by atoms with Gasteiger partial charge >= 0.3 is 0 Å². The number of aliphatic hydroxyl groups is 1. The molecule has 0 aromatic heterocycles. The van der Waals surface area contributed by atoms with E-state index in [1.54, 1.807) is 7.11 Å². The average Bonchev–Trinajstić information content (AvgIpc) is 2.20. The zero-order valence-corrected chi connectivity index (χ0v) is 9.75. The van der Waals surface area contributed by atoms with Crippen molar-refractivity contribution >= 4 is 5.91 Å². The van der Waals surface area contributed by atoms with Crippen molar-refractivity contribution in [2.45, 2.75) is 45.3 Å². The second-order valence-electron chi connectivity index (χ2n) is 4.73. The van der Waals surface area contributed by atoms with Crippen LogP contribution in [0, 0.1) is 5.41 Å². The van der Waals surface area contributed by atoms with Crippen molar-refractivity contribution in [2.24, 2.45) is 5.41 Å². The molecule has 1 amide bonds. The van der Waals surface area contributed by atoms with Crippen LogP contribution in [0.4, 0.5) is 0 Å². The van der Waals surface area contributed by atoms with E-state index in [1.807, 2.05) is 0 Å². The van der Waals surface area contributed by atoms with E-state index in [4.69, 9.17) is 9.84 Å². The lowest BCUT2D eigenvalue weighted by Crippen LogP contribution is -2.61. The summed E-state index contributed by atoms with van der Waals surface area (Å²) in [4.78, 5) is 11.4. The Morgan fingerprint density at radius 3 is 2.73 bits per heavy atom. The van der Waals surface area contributed by atoms with Crippen molar-refractivity contribution in [3.05, 3.63) is 0 Å². The van der Waals surface area contributed by atoms with E-state index in [0.29, 0.717) is 12.8 Å². The van der Waals surface area contributed by atoms with Gasteiger partial charge in [0.25, 0.3) is 0 Å². The standard InChI is InChI=1S/C11H21NO3/c1-11(2)8(7-9(11)15-3)12-10(14)5-4-6-13/h8-9,13H,4-7H2,1-3H3,(H,12,14). The summed E-state index contributed by atoms with van der Waals surface area (Å²) in [5, 5.41) is 11.6. The number of aliphatic hydroxyl groups excluding tert-OH is 1. The zero-order valence-electron chi connectivity index (χ0n) is 9.75. The van der Waals surface area contributed by atoms with Gasteiger partial charge in [-0.1, -0.05) is 13.8 Å². The largest absolute Gasteiger partial charge is 0.396 e. The first-order chi connectivity index (χ1) is 7.02. The Morgan fingerprint density at radius 1 is 1.60 bits per heavy atom. The van der Waals surface area contributed by atoms with Crippen LogP contribution in [0.15, 0.2) is 0 Å². The quantitative estimate of drug-likeness (QED) is 0.709. The van der Waals surface area contributed by atoms with Gasteiger partial charge in [0.1, 0.15) is 0 Å². The summed E-state index contributed by atoms with van der Waals surface area (Å²) in [5.41, 5.74) is 0.0175. The van der Waals surface area contributed by atoms with Gasteiger partial charge in [-0.2, -0.15) is 0 Å². The Kier molecular flexibility index (Phi) is 4.11. The van der Waals surface area contributed by atoms with Crippen molar-refractivity contribution in [2.75, 3.05) is 13.7 Å². The van der Waals surface area contributed by atoms with Crippen LogP contribution >= 0.6 is 0 Å². The van der Waals surface area contributed by atoms with Crippen LogP contribution in [0.2, 0.25) is 0 Å². The summed E-state index contributed by atoms with van der Waals surface area (Å²) in [7, 11) is 1.70. The molecule has 88 valence electrons. The molecule has 0 bridgehead atoms. The topological polar surface area (TPSA) is 58.6 Å². The van der Waals surface area contributed by atoms with E-state index in [9.17, 15) is 4.79 Å². The lowest BCUT2D eigenvalue weighted by molar-refractivity contribution is -0.132. The van der Waals surface area contributed by atoms with Crippen LogP contribution in [0.25, 0.3) is 0 Å². The first-order valence-electron chi connectivity index (χ1n) is 5.45. The highest BCUT2D eigenvalue weighted by Gasteiger charge is 2.49. The lowest BCUT2D eigenvalue weighted by Gasteiger charge is -2.51. The predicted octanol–water partition coefficient (Wildman–Crippen LogP) is 0.689. The molecule has 4 nitrogen and oxygen atoms in total. The molecule has 0 aromatic carbocycles. The maximum Gasteiger partial charge on any atom is 0.220 e. The monoisotopic (exact) mass is 215 g/mol. The fraction of sp³-hybridized carbons (Fsp3) is 0.909. The van der Waals surface area contributed by atoms with Crippen LogP contribution in [0.3, 0.4) is 0 Å². The number of ether oxygens (including phenoxy) is 1. The molecule has 2 N–H and O–H groups in total. The van der Waals surface area contributed by atoms with E-state index < -0.39 is 0 Å². The third-order valence-electron chi connectivity index (χ3n) is 3.36. The first kappa shape index (κ1) is 12.5. The SMILES string of the molecule is COC1CC(NC(=O)CCCO)C1(C)C. The molecule has 1 rings (SSSR count). The summed E-state index contributed by atoms with van der Waals surface area (Å²) in [5.74, 6) is 0.0247. The van der Waals surface area contributed by atoms with Crippen LogP contribution in [0.1, 0.15) is 33.1 Å². The minimum Gasteiger partial charge on any atom is -0.396 e. The van der Waals surface area contributed by atoms with Crippen LogP contribution < -0.4 is 5.32 Å². The van der Waals surface area contributed by atoms with Crippen LogP contribution in [0.5, 0.6) is 0 Å². The van der Waals surface area contributed by atoms with Crippen molar-refractivity contribution in [3.8, 4) is 0 Å². The summed E-state index contributed by atoms with van der Waals surface area (Å²) in [6.07, 6.45) is 2.06. The molecule has 1 aliphatic rings. The van der Waals surface area contributed by atoms with Crippen molar-refractivity contribution in [3.63, 3.8) is 0 Å². The molecule has 4 heteroatoms. The fourth-order valence-electron chi connectivity index (χ4n) is 2.04. The van der Waals surface area contributed by atoms with Crippen LogP contribution in [-0.2, 0) is 9.53 Å². The Labute approximate surface area is 91.0 Å². The van der Waals surface area contributed by atoms with Gasteiger partial charge in [-0.05, 0) is 12.8 Å². The number of hydrogen-bond acceptors (Lipinski definition) is 3. The second kappa shape index (κ2) is 4.94. The highest BCUT2D eigenvalue weighted by molar-refractivity contribution is 5.76. The van der Waals surface area contributed by atoms with E-state index in [0.717, 1.165) is 6.42 Å². The lowest BCUT2D eigenvalue weighted by atomic mass is 9.64. The molecular formula is C11H21NO3. The number of amides is 1. The van der Waals surface area contributed by atoms with Crippen molar-refractivity contribution in [1.82, 2.24) is 5.32 Å². The molecule has 0 radical (unpaired) electrons. The van der Waals surface area contributed by atoms with E-state index in [2.05, 4.69) is 19.2 Å². The Hall–Kier alpha value is -0.610. The van der Waals surface area contributed by atoms with Gasteiger partial charge in [0.2, 0.25) is 5.91 Å². The molecule has 0 aromatic rings. The molecule has 0 saturated heterocycles. The third kappa shape index (κ3) is 2.69. The molecule has 0 heterocycles. The number of hydrogen-bond donors (Lipinski definition) is 2. The molecular weight excluding hydrogens is 194 g/mol. The molecule has 0 spiro atoms. The van der Waals surface area contributed by atoms with Crippen molar-refractivity contribution < 1.29 is 14.6 Å². The first-order valence-corrected chi connectivity index (χ1v) is 5.45. The Bertz CT molecular complexity index is 228. The summed E-state index contributed by atoms with van der Waals surface area (Å²) in [6, 6.07) is 0.202. The van der Waals surface area contributed by atoms with Gasteiger partial charge in [0.15, 0.2) is 0 Å². The highest BCUT2D eigenvalue weighted by Crippen LogP contribution is 2.42. The van der Waals surface area contributed by atoms with Gasteiger partial charge < -0.3 is 15.2 Å². The molecule has 1 aliphatic carbocycles. The van der Waals surface area contributed by atoms with E-state index in [-0.39, 0.29) is 30.1 Å². The fourth-order valence-corrected chi connectivity index (χ4v) is 2.04. The van der Waals surface area contributed by atoms with Gasteiger partial charge in [0, 0.05) is 31.6 Å². The zero-order chi connectivity index (χ0) is 11.5. The van der Waals surface area contributed by atoms with E-state index >= 15 is 0 Å². The third-order valence-corrected chi connectivity index (χ3v) is 3.36. The van der Waals surface area contributed by atoms with Gasteiger partial charge in [-0.3, -0.25) is 4.79 Å². The predicted molar refractivity (Wildman–Crippen MR) is 57.4 cm³/mol. The maximum atomic E-state index is 11.4. The normalized spacial score (nSPS) is 28.3. The molecule has 2 unspecified atom stereocenters. The second-order valence-corrected chi connectivity index (χ2v) is 4.73. The molecule has 1 fully saturated rings. The Balaban J connectivity index is 2.32. The van der Waals surface area contributed by atoms with Gasteiger partial charge in [-0.15, -0.1) is 0 Å². The average molecular weight is 215 g/mol. The molecule has 15 heavy (non-hydrogen) atoms. The summed E-state index contributed by atoms with van der Waals surface area (Å²) >= 11 is 0. The Morgan fingerprint density at radius 2 is 2.27 bits per heavy atom. The molecule has 1 saturated carbocycles. The van der Waals surface area contributed by atoms with Crippen LogP contribution in [-0.4, -0.2) is 36.9 Å². The van der Waals surface area contributed by atoms with E-state index in [1.165, 1.54) is 0 Å². The van der Waals surface area contributed by atoms with Gasteiger partial charge in [-0.25, -0.2) is 0 Å². The number of methoxy groups -OCH3 is 1. The molecule has 0 aliphatic heterocycles. The molecule has 2 atom stereocenters. The summed E-state index contributed by atoms with van der Waals surface area (Å²) in [6.45, 7) is 4.27.